The van der Waals surface area contributed by atoms with Crippen molar-refractivity contribution in [3.05, 3.63) is 65.7 Å². The van der Waals surface area contributed by atoms with Crippen molar-refractivity contribution in [3.8, 4) is 11.5 Å². The van der Waals surface area contributed by atoms with E-state index in [2.05, 4.69) is 13.8 Å². The molecule has 0 aliphatic carbocycles. The van der Waals surface area contributed by atoms with Crippen LogP contribution in [0.1, 0.15) is 135 Å². The van der Waals surface area contributed by atoms with Gasteiger partial charge in [0.1, 0.15) is 11.5 Å². The molecule has 9 nitrogen and oxygen atoms in total. The van der Waals surface area contributed by atoms with Crippen LogP contribution in [-0.4, -0.2) is 56.2 Å². The van der Waals surface area contributed by atoms with E-state index in [1.165, 1.54) is 13.2 Å². The summed E-state index contributed by atoms with van der Waals surface area (Å²) in [6.45, 7) is 13.6. The van der Waals surface area contributed by atoms with Crippen LogP contribution in [0.5, 0.6) is 11.5 Å². The number of hydrogen-bond donors (Lipinski definition) is 1. The van der Waals surface area contributed by atoms with Crippen molar-refractivity contribution < 1.29 is 43.2 Å². The second kappa shape index (κ2) is 23.8. The Morgan fingerprint density at radius 2 is 1.42 bits per heavy atom. The van der Waals surface area contributed by atoms with Crippen LogP contribution >= 0.6 is 0 Å². The summed E-state index contributed by atoms with van der Waals surface area (Å²) >= 11 is 0. The predicted molar refractivity (Wildman–Crippen MR) is 205 cm³/mol. The van der Waals surface area contributed by atoms with E-state index in [0.29, 0.717) is 62.1 Å². The lowest BCUT2D eigenvalue weighted by molar-refractivity contribution is -0.157. The third-order valence-corrected chi connectivity index (χ3v) is 9.77. The van der Waals surface area contributed by atoms with E-state index in [1.54, 1.807) is 54.6 Å². The second-order valence-corrected chi connectivity index (χ2v) is 14.5. The number of esters is 3. The normalized spacial score (nSPS) is 14.0. The number of aliphatic hydroxyl groups excluding tert-OH is 1. The standard InChI is InChI=1S/C43H64O9/c1-8-11-17-33(9-2)32-51-41(47)43(6,10-3)29-16-28-42(4,5)40(46)50-31-15-13-12-14-30-49-36-25-21-35(22-26-36)39(45)52-37-23-18-34(19-24-37)20-27-38(44)48-7/h18-27,33,38,44H,8-17,28-32H2,1-7H3/b27-20+. The molecule has 0 heterocycles. The molecule has 0 aliphatic heterocycles. The zero-order chi connectivity index (χ0) is 38.4. The minimum Gasteiger partial charge on any atom is -0.494 e. The summed E-state index contributed by atoms with van der Waals surface area (Å²) in [5.41, 5.74) is 0.0771. The Balaban J connectivity index is 1.62. The van der Waals surface area contributed by atoms with Crippen LogP contribution in [0, 0.1) is 16.7 Å². The molecule has 0 amide bonds. The van der Waals surface area contributed by atoms with Gasteiger partial charge < -0.3 is 28.8 Å². The maximum absolute atomic E-state index is 13.0. The molecule has 3 unspecified atom stereocenters. The molecule has 0 saturated carbocycles. The maximum atomic E-state index is 13.0. The lowest BCUT2D eigenvalue weighted by atomic mass is 9.79. The molecule has 9 heteroatoms. The number of aliphatic hydroxyl groups is 1. The lowest BCUT2D eigenvalue weighted by Crippen LogP contribution is -2.32. The smallest absolute Gasteiger partial charge is 0.343 e. The molecule has 0 radical (unpaired) electrons. The topological polar surface area (TPSA) is 118 Å². The molecule has 0 aromatic heterocycles. The molecule has 3 atom stereocenters. The molecular weight excluding hydrogens is 660 g/mol. The Bertz CT molecular complexity index is 1350. The number of benzene rings is 2. The van der Waals surface area contributed by atoms with E-state index in [4.69, 9.17) is 23.7 Å². The van der Waals surface area contributed by atoms with E-state index < -0.39 is 23.1 Å². The number of carbonyl (C=O) groups excluding carboxylic acids is 3. The average Bonchev–Trinajstić information content (AvgIpc) is 3.15. The first-order valence-electron chi connectivity index (χ1n) is 19.2. The predicted octanol–water partition coefficient (Wildman–Crippen LogP) is 9.74. The van der Waals surface area contributed by atoms with Crippen molar-refractivity contribution in [1.82, 2.24) is 0 Å². The number of hydrogen-bond acceptors (Lipinski definition) is 9. The fourth-order valence-electron chi connectivity index (χ4n) is 5.59. The Hall–Kier alpha value is -3.69. The second-order valence-electron chi connectivity index (χ2n) is 14.5. The molecule has 0 aliphatic rings. The van der Waals surface area contributed by atoms with Gasteiger partial charge in [-0.05, 0) is 126 Å². The Morgan fingerprint density at radius 1 is 0.769 bits per heavy atom. The minimum absolute atomic E-state index is 0.124. The van der Waals surface area contributed by atoms with Crippen LogP contribution in [0.4, 0.5) is 0 Å². The summed E-state index contributed by atoms with van der Waals surface area (Å²) in [4.78, 5) is 38.4. The molecule has 0 bridgehead atoms. The third kappa shape index (κ3) is 16.3. The van der Waals surface area contributed by atoms with Gasteiger partial charge in [-0.15, -0.1) is 0 Å². The van der Waals surface area contributed by atoms with Crippen LogP contribution in [0.25, 0.3) is 6.08 Å². The number of ether oxygens (including phenoxy) is 5. The first-order chi connectivity index (χ1) is 24.9. The van der Waals surface area contributed by atoms with Crippen LogP contribution in [0.3, 0.4) is 0 Å². The molecular formula is C43H64O9. The van der Waals surface area contributed by atoms with Gasteiger partial charge in [0.2, 0.25) is 0 Å². The molecule has 1 N–H and O–H groups in total. The van der Waals surface area contributed by atoms with Gasteiger partial charge in [0.15, 0.2) is 6.29 Å². The maximum Gasteiger partial charge on any atom is 0.343 e. The minimum atomic E-state index is -0.975. The first-order valence-corrected chi connectivity index (χ1v) is 19.2. The van der Waals surface area contributed by atoms with Crippen LogP contribution in [0.2, 0.25) is 0 Å². The van der Waals surface area contributed by atoms with Gasteiger partial charge in [-0.3, -0.25) is 9.59 Å². The average molecular weight is 725 g/mol. The summed E-state index contributed by atoms with van der Waals surface area (Å²) in [6.07, 6.45) is 12.9. The van der Waals surface area contributed by atoms with Crippen molar-refractivity contribution in [2.75, 3.05) is 26.9 Å². The van der Waals surface area contributed by atoms with Gasteiger partial charge >= 0.3 is 17.9 Å². The highest BCUT2D eigenvalue weighted by molar-refractivity contribution is 5.91. The van der Waals surface area contributed by atoms with Crippen molar-refractivity contribution in [2.45, 2.75) is 125 Å². The lowest BCUT2D eigenvalue weighted by Gasteiger charge is -2.29. The molecule has 0 spiro atoms. The zero-order valence-electron chi connectivity index (χ0n) is 32.7. The molecule has 52 heavy (non-hydrogen) atoms. The quantitative estimate of drug-likeness (QED) is 0.0438. The fourth-order valence-corrected chi connectivity index (χ4v) is 5.59. The highest BCUT2D eigenvalue weighted by Gasteiger charge is 2.35. The van der Waals surface area contributed by atoms with Gasteiger partial charge in [-0.1, -0.05) is 64.7 Å². The van der Waals surface area contributed by atoms with Crippen LogP contribution in [-0.2, 0) is 23.8 Å². The van der Waals surface area contributed by atoms with Gasteiger partial charge in [0.25, 0.3) is 0 Å². The largest absolute Gasteiger partial charge is 0.494 e. The first kappa shape index (κ1) is 44.5. The van der Waals surface area contributed by atoms with E-state index >= 15 is 0 Å². The van der Waals surface area contributed by atoms with Crippen molar-refractivity contribution in [3.63, 3.8) is 0 Å². The van der Waals surface area contributed by atoms with E-state index in [-0.39, 0.29) is 11.9 Å². The molecule has 2 aromatic rings. The monoisotopic (exact) mass is 724 g/mol. The number of methoxy groups -OCH3 is 1. The van der Waals surface area contributed by atoms with E-state index in [1.807, 2.05) is 27.7 Å². The van der Waals surface area contributed by atoms with Gasteiger partial charge in [0, 0.05) is 7.11 Å². The van der Waals surface area contributed by atoms with Crippen LogP contribution < -0.4 is 9.47 Å². The number of rotatable bonds is 26. The zero-order valence-corrected chi connectivity index (χ0v) is 32.7. The molecule has 290 valence electrons. The van der Waals surface area contributed by atoms with Gasteiger partial charge in [-0.2, -0.15) is 0 Å². The summed E-state index contributed by atoms with van der Waals surface area (Å²) in [7, 11) is 1.41. The van der Waals surface area contributed by atoms with Crippen LogP contribution in [0.15, 0.2) is 54.6 Å². The molecule has 2 rings (SSSR count). The highest BCUT2D eigenvalue weighted by atomic mass is 16.6. The highest BCUT2D eigenvalue weighted by Crippen LogP contribution is 2.34. The number of carbonyl (C=O) groups is 3. The summed E-state index contributed by atoms with van der Waals surface area (Å²) in [6, 6.07) is 13.8. The Kier molecular flexibility index (Phi) is 20.3. The summed E-state index contributed by atoms with van der Waals surface area (Å²) < 4.78 is 27.5. The van der Waals surface area contributed by atoms with Gasteiger partial charge in [-0.25, -0.2) is 4.79 Å². The third-order valence-electron chi connectivity index (χ3n) is 9.77. The van der Waals surface area contributed by atoms with Crippen molar-refractivity contribution in [2.24, 2.45) is 16.7 Å². The summed E-state index contributed by atoms with van der Waals surface area (Å²) in [5.74, 6) is 0.714. The molecule has 0 fully saturated rings. The fraction of sp³-hybridized carbons (Fsp3) is 0.605. The van der Waals surface area contributed by atoms with E-state index in [0.717, 1.165) is 63.4 Å². The van der Waals surface area contributed by atoms with Crippen molar-refractivity contribution >= 4 is 24.0 Å². The Morgan fingerprint density at radius 3 is 2.04 bits per heavy atom. The summed E-state index contributed by atoms with van der Waals surface area (Å²) in [5, 5.41) is 9.45. The number of unbranched alkanes of at least 4 members (excludes halogenated alkanes) is 4. The van der Waals surface area contributed by atoms with Crippen molar-refractivity contribution in [1.29, 1.82) is 0 Å². The molecule has 0 saturated heterocycles. The van der Waals surface area contributed by atoms with Gasteiger partial charge in [0.05, 0.1) is 36.2 Å². The SMILES string of the molecule is CCCCC(CC)COC(=O)C(C)(CC)CCCC(C)(C)C(=O)OCCCCCCOc1ccc(C(=O)Oc2ccc(/C=C/C(O)OC)cc2)cc1. The van der Waals surface area contributed by atoms with E-state index in [9.17, 15) is 19.5 Å². The Labute approximate surface area is 312 Å². The molecule has 2 aromatic carbocycles.